The molecule has 0 rings (SSSR count). The number of sulfone groups is 1. The van der Waals surface area contributed by atoms with Gasteiger partial charge in [-0.15, -0.1) is 0 Å². The van der Waals surface area contributed by atoms with Gasteiger partial charge in [0.2, 0.25) is 0 Å². The Hall–Kier alpha value is -0.0900. The van der Waals surface area contributed by atoms with Gasteiger partial charge < -0.3 is 5.73 Å². The maximum atomic E-state index is 11.5. The lowest BCUT2D eigenvalue weighted by Gasteiger charge is -2.26. The molecule has 15 heavy (non-hydrogen) atoms. The summed E-state index contributed by atoms with van der Waals surface area (Å²) in [5, 5.41) is 0. The first-order valence-corrected chi connectivity index (χ1v) is 7.47. The van der Waals surface area contributed by atoms with Crippen molar-refractivity contribution in [3.8, 4) is 0 Å². The van der Waals surface area contributed by atoms with Crippen molar-refractivity contribution in [2.24, 2.45) is 11.1 Å². The zero-order chi connectivity index (χ0) is 12.1. The SMILES string of the molecule is CCCS(=O)(=O)CCC(C)(C)CC(C)N. The van der Waals surface area contributed by atoms with Crippen molar-refractivity contribution in [1.82, 2.24) is 0 Å². The Morgan fingerprint density at radius 2 is 1.80 bits per heavy atom. The van der Waals surface area contributed by atoms with Crippen LogP contribution in [0.1, 0.15) is 47.0 Å². The van der Waals surface area contributed by atoms with Crippen LogP contribution < -0.4 is 5.73 Å². The van der Waals surface area contributed by atoms with Crippen molar-refractivity contribution in [3.05, 3.63) is 0 Å². The Morgan fingerprint density at radius 3 is 2.20 bits per heavy atom. The topological polar surface area (TPSA) is 60.2 Å². The van der Waals surface area contributed by atoms with Crippen molar-refractivity contribution in [1.29, 1.82) is 0 Å². The van der Waals surface area contributed by atoms with Crippen LogP contribution in [0.2, 0.25) is 0 Å². The van der Waals surface area contributed by atoms with E-state index >= 15 is 0 Å². The molecule has 0 aliphatic rings. The number of rotatable bonds is 7. The van der Waals surface area contributed by atoms with Gasteiger partial charge in [0.05, 0.1) is 5.75 Å². The first kappa shape index (κ1) is 14.9. The number of hydrogen-bond donors (Lipinski definition) is 1. The molecular weight excluding hydrogens is 210 g/mol. The first-order chi connectivity index (χ1) is 6.68. The highest BCUT2D eigenvalue weighted by molar-refractivity contribution is 7.91. The van der Waals surface area contributed by atoms with E-state index in [1.165, 1.54) is 0 Å². The largest absolute Gasteiger partial charge is 0.328 e. The lowest BCUT2D eigenvalue weighted by molar-refractivity contribution is 0.301. The molecule has 0 aromatic carbocycles. The van der Waals surface area contributed by atoms with Crippen molar-refractivity contribution in [2.45, 2.75) is 53.0 Å². The molecule has 0 spiro atoms. The third-order valence-electron chi connectivity index (χ3n) is 2.48. The van der Waals surface area contributed by atoms with E-state index in [4.69, 9.17) is 5.73 Å². The second-order valence-electron chi connectivity index (χ2n) is 5.25. The van der Waals surface area contributed by atoms with E-state index < -0.39 is 9.84 Å². The van der Waals surface area contributed by atoms with Gasteiger partial charge in [0.15, 0.2) is 0 Å². The molecule has 0 radical (unpaired) electrons. The zero-order valence-corrected chi connectivity index (χ0v) is 11.2. The number of hydrogen-bond acceptors (Lipinski definition) is 3. The van der Waals surface area contributed by atoms with Gasteiger partial charge in [-0.1, -0.05) is 20.8 Å². The summed E-state index contributed by atoms with van der Waals surface area (Å²) >= 11 is 0. The van der Waals surface area contributed by atoms with E-state index in [1.54, 1.807) is 0 Å². The fourth-order valence-electron chi connectivity index (χ4n) is 1.82. The molecule has 2 N–H and O–H groups in total. The summed E-state index contributed by atoms with van der Waals surface area (Å²) in [6.07, 6.45) is 2.28. The molecule has 0 aliphatic carbocycles. The minimum atomic E-state index is -2.84. The molecule has 92 valence electrons. The van der Waals surface area contributed by atoms with Gasteiger partial charge in [-0.25, -0.2) is 8.42 Å². The van der Waals surface area contributed by atoms with Crippen LogP contribution >= 0.6 is 0 Å². The second kappa shape index (κ2) is 5.85. The van der Waals surface area contributed by atoms with Crippen LogP contribution in [0.3, 0.4) is 0 Å². The van der Waals surface area contributed by atoms with Crippen LogP contribution in [0.5, 0.6) is 0 Å². The monoisotopic (exact) mass is 235 g/mol. The van der Waals surface area contributed by atoms with Crippen LogP contribution in [0.25, 0.3) is 0 Å². The molecule has 0 aromatic rings. The van der Waals surface area contributed by atoms with E-state index in [2.05, 4.69) is 13.8 Å². The summed E-state index contributed by atoms with van der Waals surface area (Å²) in [4.78, 5) is 0. The lowest BCUT2D eigenvalue weighted by atomic mass is 9.84. The third-order valence-corrected chi connectivity index (χ3v) is 4.34. The van der Waals surface area contributed by atoms with E-state index in [0.717, 1.165) is 6.42 Å². The fourth-order valence-corrected chi connectivity index (χ4v) is 3.51. The molecule has 0 amide bonds. The predicted octanol–water partition coefficient (Wildman–Crippen LogP) is 1.96. The fraction of sp³-hybridized carbons (Fsp3) is 1.00. The van der Waals surface area contributed by atoms with E-state index in [9.17, 15) is 8.42 Å². The first-order valence-electron chi connectivity index (χ1n) is 5.64. The van der Waals surface area contributed by atoms with Crippen molar-refractivity contribution >= 4 is 9.84 Å². The van der Waals surface area contributed by atoms with Crippen LogP contribution in [-0.4, -0.2) is 26.0 Å². The van der Waals surface area contributed by atoms with E-state index in [1.807, 2.05) is 13.8 Å². The summed E-state index contributed by atoms with van der Waals surface area (Å²) in [7, 11) is -2.84. The molecule has 1 unspecified atom stereocenters. The van der Waals surface area contributed by atoms with Gasteiger partial charge >= 0.3 is 0 Å². The highest BCUT2D eigenvalue weighted by atomic mass is 32.2. The maximum absolute atomic E-state index is 11.5. The van der Waals surface area contributed by atoms with Gasteiger partial charge in [0, 0.05) is 11.8 Å². The van der Waals surface area contributed by atoms with Crippen molar-refractivity contribution in [3.63, 3.8) is 0 Å². The summed E-state index contributed by atoms with van der Waals surface area (Å²) in [5.74, 6) is 0.599. The van der Waals surface area contributed by atoms with Gasteiger partial charge in [-0.3, -0.25) is 0 Å². The Kier molecular flexibility index (Phi) is 5.81. The highest BCUT2D eigenvalue weighted by Crippen LogP contribution is 2.26. The molecule has 0 saturated carbocycles. The average molecular weight is 235 g/mol. The molecule has 0 saturated heterocycles. The minimum Gasteiger partial charge on any atom is -0.328 e. The Balaban J connectivity index is 4.14. The molecule has 0 bridgehead atoms. The molecular formula is C11H25NO2S. The zero-order valence-electron chi connectivity index (χ0n) is 10.4. The number of nitrogens with two attached hydrogens (primary N) is 1. The molecule has 0 aliphatic heterocycles. The van der Waals surface area contributed by atoms with Crippen LogP contribution in [-0.2, 0) is 9.84 Å². The summed E-state index contributed by atoms with van der Waals surface area (Å²) < 4.78 is 23.1. The summed E-state index contributed by atoms with van der Waals surface area (Å²) in [6, 6.07) is 0.133. The lowest BCUT2D eigenvalue weighted by Crippen LogP contribution is -2.27. The van der Waals surface area contributed by atoms with E-state index in [-0.39, 0.29) is 11.5 Å². The van der Waals surface area contributed by atoms with Gasteiger partial charge in [0.1, 0.15) is 9.84 Å². The van der Waals surface area contributed by atoms with Crippen LogP contribution in [0.4, 0.5) is 0 Å². The summed E-state index contributed by atoms with van der Waals surface area (Å²) in [6.45, 7) is 8.02. The van der Waals surface area contributed by atoms with Gasteiger partial charge in [0.25, 0.3) is 0 Å². The highest BCUT2D eigenvalue weighted by Gasteiger charge is 2.22. The summed E-state index contributed by atoms with van der Waals surface area (Å²) in [5.41, 5.74) is 5.75. The average Bonchev–Trinajstić information content (AvgIpc) is 1.99. The quantitative estimate of drug-likeness (QED) is 0.734. The molecule has 3 nitrogen and oxygen atoms in total. The van der Waals surface area contributed by atoms with Crippen molar-refractivity contribution in [2.75, 3.05) is 11.5 Å². The van der Waals surface area contributed by atoms with Crippen LogP contribution in [0.15, 0.2) is 0 Å². The smallest absolute Gasteiger partial charge is 0.150 e. The molecule has 1 atom stereocenters. The molecule has 0 heterocycles. The van der Waals surface area contributed by atoms with E-state index in [0.29, 0.717) is 24.3 Å². The molecule has 0 fully saturated rings. The second-order valence-corrected chi connectivity index (χ2v) is 7.55. The third kappa shape index (κ3) is 7.79. The molecule has 0 aromatic heterocycles. The Morgan fingerprint density at radius 1 is 1.27 bits per heavy atom. The molecule has 4 heteroatoms. The Labute approximate surface area is 94.4 Å². The van der Waals surface area contributed by atoms with Crippen LogP contribution in [0, 0.1) is 5.41 Å². The predicted molar refractivity (Wildman–Crippen MR) is 65.6 cm³/mol. The van der Waals surface area contributed by atoms with Gasteiger partial charge in [-0.2, -0.15) is 0 Å². The minimum absolute atomic E-state index is 0.0228. The van der Waals surface area contributed by atoms with Gasteiger partial charge in [-0.05, 0) is 31.6 Å². The standard InChI is InChI=1S/C11H25NO2S/c1-5-7-15(13,14)8-6-11(3,4)9-10(2)12/h10H,5-9,12H2,1-4H3. The maximum Gasteiger partial charge on any atom is 0.150 e. The normalized spacial score (nSPS) is 15.3. The Bertz CT molecular complexity index is 268. The van der Waals surface area contributed by atoms with Crippen molar-refractivity contribution < 1.29 is 8.42 Å².